The van der Waals surface area contributed by atoms with E-state index in [0.29, 0.717) is 16.9 Å². The van der Waals surface area contributed by atoms with Gasteiger partial charge < -0.3 is 5.32 Å². The van der Waals surface area contributed by atoms with Crippen molar-refractivity contribution < 1.29 is 0 Å². The first-order valence-corrected chi connectivity index (χ1v) is 9.42. The molecule has 1 atom stereocenters. The molecule has 1 aliphatic carbocycles. The van der Waals surface area contributed by atoms with Gasteiger partial charge in [-0.3, -0.25) is 0 Å². The number of hydrogen-bond acceptors (Lipinski definition) is 1. The highest BCUT2D eigenvalue weighted by atomic mass is 14.9. The maximum absolute atomic E-state index is 3.76. The predicted octanol–water partition coefficient (Wildman–Crippen LogP) is 6.03. The fraction of sp³-hybridized carbons (Fsp3) is 1.00. The summed E-state index contributed by atoms with van der Waals surface area (Å²) >= 11 is 0. The first kappa shape index (κ1) is 19.0. The van der Waals surface area contributed by atoms with Gasteiger partial charge in [0.1, 0.15) is 0 Å². The molecule has 0 spiro atoms. The lowest BCUT2D eigenvalue weighted by atomic mass is 9.61. The van der Waals surface area contributed by atoms with Crippen molar-refractivity contribution in [2.24, 2.45) is 22.7 Å². The highest BCUT2D eigenvalue weighted by Crippen LogP contribution is 2.48. The molecule has 1 unspecified atom stereocenters. The molecule has 0 heterocycles. The Morgan fingerprint density at radius 2 is 1.67 bits per heavy atom. The third-order valence-electron chi connectivity index (χ3n) is 5.72. The van der Waals surface area contributed by atoms with Crippen molar-refractivity contribution >= 4 is 0 Å². The van der Waals surface area contributed by atoms with Gasteiger partial charge in [-0.2, -0.15) is 0 Å². The van der Waals surface area contributed by atoms with E-state index in [1.165, 1.54) is 51.5 Å². The molecule has 1 nitrogen and oxygen atoms in total. The minimum absolute atomic E-state index is 0.493. The van der Waals surface area contributed by atoms with Crippen LogP contribution in [-0.4, -0.2) is 12.6 Å². The molecule has 0 aromatic carbocycles. The SMILES string of the molecule is CCCC(C)CC1(CNC(C)C)CCC(C(C)(C)C)CC1. The lowest BCUT2D eigenvalue weighted by Crippen LogP contribution is -2.42. The van der Waals surface area contributed by atoms with Crippen molar-refractivity contribution in [3.63, 3.8) is 0 Å². The van der Waals surface area contributed by atoms with Gasteiger partial charge in [-0.25, -0.2) is 0 Å². The van der Waals surface area contributed by atoms with Gasteiger partial charge in [0.05, 0.1) is 0 Å². The summed E-state index contributed by atoms with van der Waals surface area (Å²) in [6.45, 7) is 17.9. The second-order valence-electron chi connectivity index (χ2n) is 9.27. The normalized spacial score (nSPS) is 28.9. The van der Waals surface area contributed by atoms with E-state index >= 15 is 0 Å². The molecule has 1 fully saturated rings. The van der Waals surface area contributed by atoms with Crippen molar-refractivity contribution in [2.75, 3.05) is 6.54 Å². The van der Waals surface area contributed by atoms with Gasteiger partial charge in [-0.1, -0.05) is 61.3 Å². The van der Waals surface area contributed by atoms with E-state index < -0.39 is 0 Å². The van der Waals surface area contributed by atoms with Crippen LogP contribution in [0.2, 0.25) is 0 Å². The summed E-state index contributed by atoms with van der Waals surface area (Å²) < 4.78 is 0. The zero-order valence-corrected chi connectivity index (χ0v) is 15.9. The Morgan fingerprint density at radius 1 is 1.10 bits per heavy atom. The van der Waals surface area contributed by atoms with Gasteiger partial charge in [-0.05, 0) is 54.8 Å². The average Bonchev–Trinajstić information content (AvgIpc) is 2.36. The summed E-state index contributed by atoms with van der Waals surface area (Å²) in [5.74, 6) is 1.81. The molecule has 0 bridgehead atoms. The molecule has 1 heteroatoms. The van der Waals surface area contributed by atoms with Crippen molar-refractivity contribution in [3.8, 4) is 0 Å². The van der Waals surface area contributed by atoms with E-state index in [2.05, 4.69) is 53.8 Å². The summed E-state index contributed by atoms with van der Waals surface area (Å²) in [6, 6.07) is 0.615. The summed E-state index contributed by atoms with van der Waals surface area (Å²) in [5, 5.41) is 3.76. The maximum Gasteiger partial charge on any atom is 0.00106 e. The number of hydrogen-bond donors (Lipinski definition) is 1. The lowest BCUT2D eigenvalue weighted by Gasteiger charge is -2.46. The third-order valence-corrected chi connectivity index (χ3v) is 5.72. The molecule has 0 aromatic rings. The van der Waals surface area contributed by atoms with Gasteiger partial charge in [0.15, 0.2) is 0 Å². The summed E-state index contributed by atoms with van der Waals surface area (Å²) in [7, 11) is 0. The minimum atomic E-state index is 0.493. The average molecular weight is 296 g/mol. The summed E-state index contributed by atoms with van der Waals surface area (Å²) in [5.41, 5.74) is 1.06. The zero-order chi connectivity index (χ0) is 16.1. The second kappa shape index (κ2) is 7.99. The molecule has 0 amide bonds. The van der Waals surface area contributed by atoms with Crippen molar-refractivity contribution in [2.45, 2.75) is 99.5 Å². The standard InChI is InChI=1S/C20H41N/c1-8-9-17(4)14-20(15-21-16(2)3)12-10-18(11-13-20)19(5,6)7/h16-18,21H,8-15H2,1-7H3. The predicted molar refractivity (Wildman–Crippen MR) is 95.7 cm³/mol. The second-order valence-corrected chi connectivity index (χ2v) is 9.27. The Bertz CT molecular complexity index is 279. The summed E-state index contributed by atoms with van der Waals surface area (Å²) in [4.78, 5) is 0. The topological polar surface area (TPSA) is 12.0 Å². The maximum atomic E-state index is 3.76. The van der Waals surface area contributed by atoms with E-state index in [9.17, 15) is 0 Å². The van der Waals surface area contributed by atoms with Gasteiger partial charge in [0, 0.05) is 12.6 Å². The molecular weight excluding hydrogens is 254 g/mol. The molecule has 0 radical (unpaired) electrons. The molecule has 1 aliphatic rings. The van der Waals surface area contributed by atoms with Crippen molar-refractivity contribution in [1.29, 1.82) is 0 Å². The Labute approximate surface area is 134 Å². The molecule has 0 aromatic heterocycles. The van der Waals surface area contributed by atoms with Gasteiger partial charge in [-0.15, -0.1) is 0 Å². The molecular formula is C20H41N. The van der Waals surface area contributed by atoms with E-state index in [-0.39, 0.29) is 0 Å². The van der Waals surface area contributed by atoms with E-state index in [0.717, 1.165) is 11.8 Å². The van der Waals surface area contributed by atoms with Crippen LogP contribution in [0.25, 0.3) is 0 Å². The fourth-order valence-corrected chi connectivity index (χ4v) is 4.30. The fourth-order valence-electron chi connectivity index (χ4n) is 4.30. The summed E-state index contributed by atoms with van der Waals surface area (Å²) in [6.07, 6.45) is 9.89. The number of rotatable bonds is 7. The smallest absolute Gasteiger partial charge is 0.00106 e. The monoisotopic (exact) mass is 295 g/mol. The van der Waals surface area contributed by atoms with Crippen molar-refractivity contribution in [3.05, 3.63) is 0 Å². The highest BCUT2D eigenvalue weighted by molar-refractivity contribution is 4.91. The Kier molecular flexibility index (Phi) is 7.24. The van der Waals surface area contributed by atoms with E-state index in [1.54, 1.807) is 0 Å². The van der Waals surface area contributed by atoms with Crippen LogP contribution in [0.1, 0.15) is 93.4 Å². The minimum Gasteiger partial charge on any atom is -0.314 e. The van der Waals surface area contributed by atoms with Crippen molar-refractivity contribution in [1.82, 2.24) is 5.32 Å². The van der Waals surface area contributed by atoms with Crippen LogP contribution in [0.4, 0.5) is 0 Å². The largest absolute Gasteiger partial charge is 0.314 e. The first-order valence-electron chi connectivity index (χ1n) is 9.42. The first-order chi connectivity index (χ1) is 9.68. The molecule has 0 saturated heterocycles. The number of nitrogens with one attached hydrogen (secondary N) is 1. The molecule has 1 N–H and O–H groups in total. The molecule has 1 rings (SSSR count). The van der Waals surface area contributed by atoms with E-state index in [1.807, 2.05) is 0 Å². The Morgan fingerprint density at radius 3 is 2.10 bits per heavy atom. The Balaban J connectivity index is 2.66. The van der Waals surface area contributed by atoms with Crippen LogP contribution in [0.15, 0.2) is 0 Å². The van der Waals surface area contributed by atoms with E-state index in [4.69, 9.17) is 0 Å². The van der Waals surface area contributed by atoms with Gasteiger partial charge in [0.2, 0.25) is 0 Å². The van der Waals surface area contributed by atoms with Crippen LogP contribution in [0, 0.1) is 22.7 Å². The van der Waals surface area contributed by atoms with Crippen LogP contribution in [-0.2, 0) is 0 Å². The Hall–Kier alpha value is -0.0400. The highest BCUT2D eigenvalue weighted by Gasteiger charge is 2.39. The molecule has 126 valence electrons. The zero-order valence-electron chi connectivity index (χ0n) is 15.9. The van der Waals surface area contributed by atoms with Crippen LogP contribution < -0.4 is 5.32 Å². The third kappa shape index (κ3) is 6.30. The van der Waals surface area contributed by atoms with Crippen LogP contribution >= 0.6 is 0 Å². The van der Waals surface area contributed by atoms with Crippen LogP contribution in [0.5, 0.6) is 0 Å². The molecule has 21 heavy (non-hydrogen) atoms. The molecule has 1 saturated carbocycles. The quantitative estimate of drug-likeness (QED) is 0.604. The van der Waals surface area contributed by atoms with Crippen LogP contribution in [0.3, 0.4) is 0 Å². The molecule has 0 aliphatic heterocycles. The van der Waals surface area contributed by atoms with Gasteiger partial charge >= 0.3 is 0 Å². The van der Waals surface area contributed by atoms with Gasteiger partial charge in [0.25, 0.3) is 0 Å². The lowest BCUT2D eigenvalue weighted by molar-refractivity contribution is 0.0656.